The highest BCUT2D eigenvalue weighted by Gasteiger charge is 2.18. The first-order valence-corrected chi connectivity index (χ1v) is 10.3. The molecule has 2 aromatic heterocycles. The molecule has 4 rings (SSSR count). The highest BCUT2D eigenvalue weighted by atomic mass is 32.1. The second-order valence-electron chi connectivity index (χ2n) is 6.94. The number of aromatic nitrogens is 2. The van der Waals surface area contributed by atoms with Crippen LogP contribution in [0.1, 0.15) is 16.7 Å². The zero-order chi connectivity index (χ0) is 21.8. The number of pyridine rings is 1. The molecular formula is C23H18N4O3S. The molecule has 31 heavy (non-hydrogen) atoms. The van der Waals surface area contributed by atoms with E-state index < -0.39 is 4.92 Å². The number of aryl methyl sites for hydroxylation is 1. The second kappa shape index (κ2) is 8.85. The van der Waals surface area contributed by atoms with Crippen LogP contribution in [-0.4, -0.2) is 20.8 Å². The third-order valence-corrected chi connectivity index (χ3v) is 5.66. The zero-order valence-electron chi connectivity index (χ0n) is 16.6. The standard InChI is InChI=1S/C23H18N4O3S/c1-16-4-10-20-21(13-16)31-23(25-20)26(15-18-3-2-12-24-14-18)22(28)11-7-17-5-8-19(9-6-17)27(29)30/h2-14H,15H2,1H3. The van der Waals surface area contributed by atoms with Crippen LogP contribution >= 0.6 is 11.3 Å². The Morgan fingerprint density at radius 1 is 1.19 bits per heavy atom. The number of nitro benzene ring substituents is 1. The van der Waals surface area contributed by atoms with Crippen molar-refractivity contribution in [2.45, 2.75) is 13.5 Å². The molecule has 4 aromatic rings. The average molecular weight is 430 g/mol. The van der Waals surface area contributed by atoms with Crippen LogP contribution in [0.3, 0.4) is 0 Å². The molecule has 154 valence electrons. The third-order valence-electron chi connectivity index (χ3n) is 4.62. The van der Waals surface area contributed by atoms with E-state index in [1.807, 2.05) is 31.2 Å². The highest BCUT2D eigenvalue weighted by molar-refractivity contribution is 7.22. The molecule has 0 spiro atoms. The topological polar surface area (TPSA) is 89.2 Å². The Hall–Kier alpha value is -3.91. The second-order valence-corrected chi connectivity index (χ2v) is 7.94. The number of carbonyl (C=O) groups is 1. The number of hydrogen-bond acceptors (Lipinski definition) is 6. The van der Waals surface area contributed by atoms with Crippen LogP contribution < -0.4 is 4.90 Å². The first-order valence-electron chi connectivity index (χ1n) is 9.50. The fourth-order valence-corrected chi connectivity index (χ4v) is 4.08. The summed E-state index contributed by atoms with van der Waals surface area (Å²) in [5.74, 6) is -0.238. The van der Waals surface area contributed by atoms with Gasteiger partial charge < -0.3 is 0 Å². The predicted molar refractivity (Wildman–Crippen MR) is 122 cm³/mol. The van der Waals surface area contributed by atoms with Crippen LogP contribution in [0.2, 0.25) is 0 Å². The molecule has 0 saturated carbocycles. The van der Waals surface area contributed by atoms with Crippen molar-refractivity contribution in [3.63, 3.8) is 0 Å². The number of anilines is 1. The fourth-order valence-electron chi connectivity index (χ4n) is 3.01. The largest absolute Gasteiger partial charge is 0.280 e. The van der Waals surface area contributed by atoms with Crippen LogP contribution in [0, 0.1) is 17.0 Å². The van der Waals surface area contributed by atoms with Gasteiger partial charge in [0.15, 0.2) is 5.13 Å². The van der Waals surface area contributed by atoms with Gasteiger partial charge in [0.05, 0.1) is 21.7 Å². The molecule has 0 aliphatic rings. The average Bonchev–Trinajstić information content (AvgIpc) is 3.19. The van der Waals surface area contributed by atoms with Crippen LogP contribution in [0.4, 0.5) is 10.8 Å². The Kier molecular flexibility index (Phi) is 5.81. The van der Waals surface area contributed by atoms with Crippen LogP contribution in [0.25, 0.3) is 16.3 Å². The van der Waals surface area contributed by atoms with Crippen molar-refractivity contribution in [1.29, 1.82) is 0 Å². The number of amides is 1. The van der Waals surface area contributed by atoms with E-state index >= 15 is 0 Å². The quantitative estimate of drug-likeness (QED) is 0.240. The summed E-state index contributed by atoms with van der Waals surface area (Å²) < 4.78 is 1.01. The zero-order valence-corrected chi connectivity index (χ0v) is 17.5. The van der Waals surface area contributed by atoms with Gasteiger partial charge in [-0.2, -0.15) is 0 Å². The van der Waals surface area contributed by atoms with E-state index in [2.05, 4.69) is 16.0 Å². The molecule has 0 saturated heterocycles. The van der Waals surface area contributed by atoms with E-state index in [1.54, 1.807) is 35.5 Å². The van der Waals surface area contributed by atoms with Crippen molar-refractivity contribution in [1.82, 2.24) is 9.97 Å². The van der Waals surface area contributed by atoms with E-state index in [1.165, 1.54) is 29.5 Å². The van der Waals surface area contributed by atoms with Crippen molar-refractivity contribution in [2.75, 3.05) is 4.90 Å². The third kappa shape index (κ3) is 4.81. The van der Waals surface area contributed by atoms with Gasteiger partial charge >= 0.3 is 0 Å². The van der Waals surface area contributed by atoms with E-state index in [0.29, 0.717) is 17.2 Å². The number of benzene rings is 2. The first-order chi connectivity index (χ1) is 15.0. The summed E-state index contributed by atoms with van der Waals surface area (Å²) in [6.07, 6.45) is 6.50. The van der Waals surface area contributed by atoms with E-state index in [9.17, 15) is 14.9 Å². The number of non-ortho nitro benzene ring substituents is 1. The van der Waals surface area contributed by atoms with Crippen molar-refractivity contribution in [2.24, 2.45) is 0 Å². The molecule has 0 unspecified atom stereocenters. The van der Waals surface area contributed by atoms with E-state index in [-0.39, 0.29) is 11.6 Å². The van der Waals surface area contributed by atoms with Crippen molar-refractivity contribution in [3.05, 3.63) is 99.9 Å². The molecule has 0 aliphatic heterocycles. The van der Waals surface area contributed by atoms with Gasteiger partial charge in [-0.15, -0.1) is 0 Å². The molecule has 0 N–H and O–H groups in total. The molecular weight excluding hydrogens is 412 g/mol. The van der Waals surface area contributed by atoms with Crippen LogP contribution in [0.5, 0.6) is 0 Å². The number of hydrogen-bond donors (Lipinski definition) is 0. The lowest BCUT2D eigenvalue weighted by Crippen LogP contribution is -2.28. The summed E-state index contributed by atoms with van der Waals surface area (Å²) in [6, 6.07) is 15.8. The fraction of sp³-hybridized carbons (Fsp3) is 0.0870. The molecule has 2 heterocycles. The number of carbonyl (C=O) groups excluding carboxylic acids is 1. The summed E-state index contributed by atoms with van der Waals surface area (Å²) in [5, 5.41) is 11.4. The summed E-state index contributed by atoms with van der Waals surface area (Å²) >= 11 is 1.46. The van der Waals surface area contributed by atoms with E-state index in [4.69, 9.17) is 0 Å². The summed E-state index contributed by atoms with van der Waals surface area (Å²) in [6.45, 7) is 2.35. The summed E-state index contributed by atoms with van der Waals surface area (Å²) in [5.41, 5.74) is 3.56. The summed E-state index contributed by atoms with van der Waals surface area (Å²) in [4.78, 5) is 33.9. The van der Waals surface area contributed by atoms with Gasteiger partial charge in [-0.25, -0.2) is 4.98 Å². The summed E-state index contributed by atoms with van der Waals surface area (Å²) in [7, 11) is 0. The number of fused-ring (bicyclic) bond motifs is 1. The monoisotopic (exact) mass is 430 g/mol. The Morgan fingerprint density at radius 2 is 2.00 bits per heavy atom. The first kappa shape index (κ1) is 20.4. The van der Waals surface area contributed by atoms with Gasteiger partial charge in [-0.1, -0.05) is 23.5 Å². The van der Waals surface area contributed by atoms with Crippen LogP contribution in [-0.2, 0) is 11.3 Å². The van der Waals surface area contributed by atoms with Crippen LogP contribution in [0.15, 0.2) is 73.1 Å². The smallest absolute Gasteiger partial charge is 0.269 e. The maximum atomic E-state index is 13.1. The Bertz CT molecular complexity index is 1270. The number of nitro groups is 1. The molecule has 0 radical (unpaired) electrons. The molecule has 2 aromatic carbocycles. The molecule has 7 nitrogen and oxygen atoms in total. The minimum Gasteiger partial charge on any atom is -0.280 e. The van der Waals surface area contributed by atoms with Crippen molar-refractivity contribution >= 4 is 44.4 Å². The minimum absolute atomic E-state index is 0.00597. The van der Waals surface area contributed by atoms with E-state index in [0.717, 1.165) is 21.3 Å². The van der Waals surface area contributed by atoms with Gasteiger partial charge in [0, 0.05) is 30.6 Å². The van der Waals surface area contributed by atoms with Crippen molar-refractivity contribution < 1.29 is 9.72 Å². The molecule has 0 bridgehead atoms. The Labute approximate surface area is 182 Å². The lowest BCUT2D eigenvalue weighted by atomic mass is 10.2. The lowest BCUT2D eigenvalue weighted by molar-refractivity contribution is -0.384. The SMILES string of the molecule is Cc1ccc2nc(N(Cc3cccnc3)C(=O)C=Cc3ccc([N+](=O)[O-])cc3)sc2c1. The number of rotatable bonds is 6. The highest BCUT2D eigenvalue weighted by Crippen LogP contribution is 2.30. The van der Waals surface area contributed by atoms with Gasteiger partial charge in [0.2, 0.25) is 0 Å². The lowest BCUT2D eigenvalue weighted by Gasteiger charge is -2.18. The van der Waals surface area contributed by atoms with Crippen molar-refractivity contribution in [3.8, 4) is 0 Å². The predicted octanol–water partition coefficient (Wildman–Crippen LogP) is 5.15. The number of nitrogens with zero attached hydrogens (tertiary/aromatic N) is 4. The van der Waals surface area contributed by atoms with Gasteiger partial charge in [-0.05, 0) is 60.0 Å². The maximum Gasteiger partial charge on any atom is 0.269 e. The molecule has 0 fully saturated rings. The molecule has 0 aliphatic carbocycles. The molecule has 0 atom stereocenters. The minimum atomic E-state index is -0.455. The maximum absolute atomic E-state index is 13.1. The van der Waals surface area contributed by atoms with Gasteiger partial charge in [0.1, 0.15) is 0 Å². The van der Waals surface area contributed by atoms with Gasteiger partial charge in [-0.3, -0.25) is 24.8 Å². The normalized spacial score (nSPS) is 11.1. The van der Waals surface area contributed by atoms with Gasteiger partial charge in [0.25, 0.3) is 11.6 Å². The Morgan fingerprint density at radius 3 is 2.71 bits per heavy atom. The number of thiazole rings is 1. The Balaban J connectivity index is 1.64. The molecule has 1 amide bonds. The molecule has 8 heteroatoms.